The second kappa shape index (κ2) is 6.22. The predicted molar refractivity (Wildman–Crippen MR) is 80.0 cm³/mol. The molecular formula is C15H28N2O4. The van der Waals surface area contributed by atoms with Crippen LogP contribution in [0.25, 0.3) is 0 Å². The maximum atomic E-state index is 12.5. The summed E-state index contributed by atoms with van der Waals surface area (Å²) in [5, 5.41) is 5.91. The first-order chi connectivity index (χ1) is 9.44. The molecule has 1 heterocycles. The van der Waals surface area contributed by atoms with Gasteiger partial charge in [-0.15, -0.1) is 0 Å². The third kappa shape index (κ3) is 5.91. The number of nitrogens with one attached hydrogen (secondary N) is 2. The molecular weight excluding hydrogens is 272 g/mol. The molecule has 0 aromatic carbocycles. The number of ether oxygens (including phenoxy) is 2. The van der Waals surface area contributed by atoms with Crippen molar-refractivity contribution in [2.24, 2.45) is 0 Å². The van der Waals surface area contributed by atoms with E-state index in [9.17, 15) is 9.59 Å². The average molecular weight is 300 g/mol. The molecule has 0 spiro atoms. The highest BCUT2D eigenvalue weighted by molar-refractivity contribution is 5.86. The molecule has 6 heteroatoms. The molecule has 0 aliphatic carbocycles. The summed E-state index contributed by atoms with van der Waals surface area (Å²) in [4.78, 5) is 24.6. The van der Waals surface area contributed by atoms with E-state index in [2.05, 4.69) is 10.6 Å². The second-order valence-corrected chi connectivity index (χ2v) is 7.46. The Balaban J connectivity index is 2.84. The molecule has 0 atom stereocenters. The van der Waals surface area contributed by atoms with Crippen molar-refractivity contribution >= 4 is 12.1 Å². The molecule has 0 aromatic heterocycles. The third-order valence-electron chi connectivity index (χ3n) is 2.99. The van der Waals surface area contributed by atoms with Crippen LogP contribution in [-0.4, -0.2) is 41.9 Å². The molecule has 1 amide bonds. The van der Waals surface area contributed by atoms with E-state index >= 15 is 0 Å². The van der Waals surface area contributed by atoms with E-state index in [1.165, 1.54) is 0 Å². The molecule has 6 nitrogen and oxygen atoms in total. The molecule has 2 N–H and O–H groups in total. The lowest BCUT2D eigenvalue weighted by Crippen LogP contribution is -2.61. The molecule has 1 aliphatic rings. The fourth-order valence-electron chi connectivity index (χ4n) is 2.11. The van der Waals surface area contributed by atoms with Crippen molar-refractivity contribution in [3.63, 3.8) is 0 Å². The van der Waals surface area contributed by atoms with Gasteiger partial charge in [0.15, 0.2) is 0 Å². The number of esters is 1. The molecule has 21 heavy (non-hydrogen) atoms. The zero-order chi connectivity index (χ0) is 16.3. The molecule has 0 aromatic rings. The molecule has 0 saturated carbocycles. The minimum Gasteiger partial charge on any atom is -0.458 e. The number of rotatable bonds is 2. The van der Waals surface area contributed by atoms with Crippen molar-refractivity contribution in [1.82, 2.24) is 10.6 Å². The summed E-state index contributed by atoms with van der Waals surface area (Å²) in [5.41, 5.74) is -2.21. The number of hydrogen-bond donors (Lipinski definition) is 2. The zero-order valence-electron chi connectivity index (χ0n) is 14.0. The van der Waals surface area contributed by atoms with Crippen LogP contribution in [0.3, 0.4) is 0 Å². The first-order valence-corrected chi connectivity index (χ1v) is 7.39. The van der Waals surface area contributed by atoms with Crippen molar-refractivity contribution in [1.29, 1.82) is 0 Å². The molecule has 0 radical (unpaired) electrons. The topological polar surface area (TPSA) is 76.7 Å². The summed E-state index contributed by atoms with van der Waals surface area (Å²) in [5.74, 6) is -0.401. The van der Waals surface area contributed by atoms with Crippen molar-refractivity contribution in [3.8, 4) is 0 Å². The summed E-state index contributed by atoms with van der Waals surface area (Å²) in [7, 11) is 0. The van der Waals surface area contributed by atoms with Gasteiger partial charge in [-0.05, 0) is 67.5 Å². The SMILES string of the molecule is CC(C)(C)OC(=O)NC1(C(=O)OC(C)(C)C)CCNCC1. The summed E-state index contributed by atoms with van der Waals surface area (Å²) in [6, 6.07) is 0. The standard InChI is InChI=1S/C15H28N2O4/c1-13(2,3)20-11(18)15(7-9-16-10-8-15)17-12(19)21-14(4,5)6/h16H,7-10H2,1-6H3,(H,17,19). The maximum Gasteiger partial charge on any atom is 0.408 e. The monoisotopic (exact) mass is 300 g/mol. The highest BCUT2D eigenvalue weighted by Crippen LogP contribution is 2.24. The van der Waals surface area contributed by atoms with Gasteiger partial charge in [-0.1, -0.05) is 0 Å². The molecule has 1 saturated heterocycles. The van der Waals surface area contributed by atoms with E-state index in [1.54, 1.807) is 20.8 Å². The Morgan fingerprint density at radius 1 is 0.952 bits per heavy atom. The summed E-state index contributed by atoms with van der Waals surface area (Å²) >= 11 is 0. The molecule has 0 unspecified atom stereocenters. The van der Waals surface area contributed by atoms with Gasteiger partial charge in [0.05, 0.1) is 0 Å². The number of alkyl carbamates (subject to hydrolysis) is 1. The van der Waals surface area contributed by atoms with E-state index in [1.807, 2.05) is 20.8 Å². The van der Waals surface area contributed by atoms with Crippen LogP contribution in [0.4, 0.5) is 4.79 Å². The van der Waals surface area contributed by atoms with E-state index in [0.717, 1.165) is 0 Å². The molecule has 1 rings (SSSR count). The fourth-order valence-corrected chi connectivity index (χ4v) is 2.11. The van der Waals surface area contributed by atoms with Crippen LogP contribution in [0.1, 0.15) is 54.4 Å². The van der Waals surface area contributed by atoms with Crippen LogP contribution < -0.4 is 10.6 Å². The summed E-state index contributed by atoms with van der Waals surface area (Å²) in [6.45, 7) is 12.1. The van der Waals surface area contributed by atoms with Gasteiger partial charge in [0, 0.05) is 0 Å². The Kier molecular flexibility index (Phi) is 5.25. The van der Waals surface area contributed by atoms with Gasteiger partial charge in [-0.3, -0.25) is 0 Å². The van der Waals surface area contributed by atoms with Crippen LogP contribution in [0.15, 0.2) is 0 Å². The zero-order valence-corrected chi connectivity index (χ0v) is 14.0. The van der Waals surface area contributed by atoms with Gasteiger partial charge < -0.3 is 20.1 Å². The highest BCUT2D eigenvalue weighted by Gasteiger charge is 2.44. The summed E-state index contributed by atoms with van der Waals surface area (Å²) in [6.07, 6.45) is 0.387. The van der Waals surface area contributed by atoms with Gasteiger partial charge in [-0.2, -0.15) is 0 Å². The fraction of sp³-hybridized carbons (Fsp3) is 0.867. The number of carbonyl (C=O) groups excluding carboxylic acids is 2. The van der Waals surface area contributed by atoms with Crippen LogP contribution >= 0.6 is 0 Å². The lowest BCUT2D eigenvalue weighted by molar-refractivity contribution is -0.164. The number of hydrogen-bond acceptors (Lipinski definition) is 5. The highest BCUT2D eigenvalue weighted by atomic mass is 16.6. The van der Waals surface area contributed by atoms with E-state index < -0.39 is 28.8 Å². The lowest BCUT2D eigenvalue weighted by atomic mass is 9.88. The minimum absolute atomic E-state index is 0.401. The minimum atomic E-state index is -1.01. The lowest BCUT2D eigenvalue weighted by Gasteiger charge is -2.38. The smallest absolute Gasteiger partial charge is 0.408 e. The molecule has 1 aliphatic heterocycles. The Hall–Kier alpha value is -1.30. The Labute approximate surface area is 126 Å². The van der Waals surface area contributed by atoms with Gasteiger partial charge in [-0.25, -0.2) is 9.59 Å². The predicted octanol–water partition coefficient (Wildman–Crippen LogP) is 1.97. The van der Waals surface area contributed by atoms with Crippen LogP contribution in [-0.2, 0) is 14.3 Å². The van der Waals surface area contributed by atoms with Crippen molar-refractivity contribution in [2.75, 3.05) is 13.1 Å². The van der Waals surface area contributed by atoms with Gasteiger partial charge in [0.1, 0.15) is 16.7 Å². The largest absolute Gasteiger partial charge is 0.458 e. The third-order valence-corrected chi connectivity index (χ3v) is 2.99. The van der Waals surface area contributed by atoms with Crippen LogP contribution in [0.2, 0.25) is 0 Å². The van der Waals surface area contributed by atoms with E-state index in [0.29, 0.717) is 25.9 Å². The van der Waals surface area contributed by atoms with Gasteiger partial charge >= 0.3 is 12.1 Å². The van der Waals surface area contributed by atoms with Gasteiger partial charge in [0.25, 0.3) is 0 Å². The van der Waals surface area contributed by atoms with Crippen molar-refractivity contribution in [2.45, 2.75) is 71.1 Å². The van der Waals surface area contributed by atoms with Crippen molar-refractivity contribution < 1.29 is 19.1 Å². The Morgan fingerprint density at radius 3 is 1.86 bits per heavy atom. The molecule has 0 bridgehead atoms. The van der Waals surface area contributed by atoms with E-state index in [4.69, 9.17) is 9.47 Å². The van der Waals surface area contributed by atoms with Crippen molar-refractivity contribution in [3.05, 3.63) is 0 Å². The molecule has 1 fully saturated rings. The second-order valence-electron chi connectivity index (χ2n) is 7.46. The Morgan fingerprint density at radius 2 is 1.43 bits per heavy atom. The first kappa shape index (κ1) is 17.8. The average Bonchev–Trinajstić information content (AvgIpc) is 2.24. The Bertz CT molecular complexity index is 387. The summed E-state index contributed by atoms with van der Waals surface area (Å²) < 4.78 is 10.7. The first-order valence-electron chi connectivity index (χ1n) is 7.39. The number of carbonyl (C=O) groups is 2. The number of amides is 1. The van der Waals surface area contributed by atoms with E-state index in [-0.39, 0.29) is 0 Å². The number of piperidine rings is 1. The maximum absolute atomic E-state index is 12.5. The van der Waals surface area contributed by atoms with Crippen LogP contribution in [0.5, 0.6) is 0 Å². The quantitative estimate of drug-likeness (QED) is 0.763. The normalized spacial score (nSPS) is 18.8. The van der Waals surface area contributed by atoms with Crippen LogP contribution in [0, 0.1) is 0 Å². The van der Waals surface area contributed by atoms with Gasteiger partial charge in [0.2, 0.25) is 0 Å². The molecule has 122 valence electrons.